The third-order valence-corrected chi connectivity index (χ3v) is 2.96. The Labute approximate surface area is 116 Å². The third-order valence-electron chi connectivity index (χ3n) is 2.96. The molecule has 20 heavy (non-hydrogen) atoms. The van der Waals surface area contributed by atoms with Crippen LogP contribution in [-0.4, -0.2) is 15.7 Å². The second-order valence-corrected chi connectivity index (χ2v) is 4.33. The number of hydrogen-bond acceptors (Lipinski definition) is 4. The van der Waals surface area contributed by atoms with E-state index in [4.69, 9.17) is 11.0 Å². The Bertz CT molecular complexity index is 696. The Kier molecular flexibility index (Phi) is 3.71. The minimum atomic E-state index is -0.340. The van der Waals surface area contributed by atoms with Gasteiger partial charge in [0.25, 0.3) is 5.91 Å². The first-order valence-electron chi connectivity index (χ1n) is 6.19. The van der Waals surface area contributed by atoms with Gasteiger partial charge in [-0.2, -0.15) is 10.4 Å². The number of hydrogen-bond donors (Lipinski definition) is 2. The molecule has 0 saturated heterocycles. The van der Waals surface area contributed by atoms with Gasteiger partial charge in [0.1, 0.15) is 5.69 Å². The number of amides is 1. The number of aryl methyl sites for hydroxylation is 2. The highest BCUT2D eigenvalue weighted by atomic mass is 16.2. The maximum Gasteiger partial charge on any atom is 0.276 e. The predicted octanol–water partition coefficient (Wildman–Crippen LogP) is 1.69. The van der Waals surface area contributed by atoms with Crippen molar-refractivity contribution >= 4 is 17.3 Å². The van der Waals surface area contributed by atoms with E-state index in [0.717, 1.165) is 0 Å². The summed E-state index contributed by atoms with van der Waals surface area (Å²) in [5.74, 6) is -0.340. The number of anilines is 2. The molecule has 0 atom stereocenters. The molecule has 0 saturated carbocycles. The van der Waals surface area contributed by atoms with Crippen molar-refractivity contribution in [2.24, 2.45) is 7.05 Å². The van der Waals surface area contributed by atoms with E-state index in [0.29, 0.717) is 34.7 Å². The zero-order chi connectivity index (χ0) is 14.7. The van der Waals surface area contributed by atoms with E-state index in [1.165, 1.54) is 4.68 Å². The first-order valence-corrected chi connectivity index (χ1v) is 6.19. The van der Waals surface area contributed by atoms with E-state index in [1.54, 1.807) is 31.3 Å². The fourth-order valence-corrected chi connectivity index (χ4v) is 1.98. The molecular weight excluding hydrogens is 254 g/mol. The summed E-state index contributed by atoms with van der Waals surface area (Å²) < 4.78 is 1.47. The van der Waals surface area contributed by atoms with Gasteiger partial charge in [-0.15, -0.1) is 0 Å². The first-order chi connectivity index (χ1) is 9.56. The van der Waals surface area contributed by atoms with Crippen molar-refractivity contribution in [2.75, 3.05) is 11.1 Å². The molecule has 0 aliphatic rings. The first kappa shape index (κ1) is 13.6. The number of benzene rings is 1. The van der Waals surface area contributed by atoms with Crippen LogP contribution in [0.4, 0.5) is 11.4 Å². The summed E-state index contributed by atoms with van der Waals surface area (Å²) in [4.78, 5) is 12.2. The molecule has 0 fully saturated rings. The number of nitriles is 1. The number of aromatic nitrogens is 2. The summed E-state index contributed by atoms with van der Waals surface area (Å²) in [6.07, 6.45) is 0.664. The number of carbonyl (C=O) groups is 1. The lowest BCUT2D eigenvalue weighted by Gasteiger charge is -2.06. The van der Waals surface area contributed by atoms with Crippen LogP contribution in [0.3, 0.4) is 0 Å². The minimum Gasteiger partial charge on any atom is -0.395 e. The van der Waals surface area contributed by atoms with Gasteiger partial charge in [0, 0.05) is 12.7 Å². The van der Waals surface area contributed by atoms with Crippen molar-refractivity contribution in [3.8, 4) is 6.07 Å². The smallest absolute Gasteiger partial charge is 0.276 e. The summed E-state index contributed by atoms with van der Waals surface area (Å²) >= 11 is 0. The van der Waals surface area contributed by atoms with Crippen LogP contribution < -0.4 is 11.1 Å². The van der Waals surface area contributed by atoms with Crippen LogP contribution in [0.5, 0.6) is 0 Å². The second-order valence-electron chi connectivity index (χ2n) is 4.33. The van der Waals surface area contributed by atoms with Gasteiger partial charge in [0.15, 0.2) is 0 Å². The van der Waals surface area contributed by atoms with Crippen molar-refractivity contribution < 1.29 is 4.79 Å². The third kappa shape index (κ3) is 2.47. The normalized spacial score (nSPS) is 10.1. The van der Waals surface area contributed by atoms with Crippen LogP contribution in [0, 0.1) is 11.3 Å². The molecule has 0 spiro atoms. The van der Waals surface area contributed by atoms with E-state index in [-0.39, 0.29) is 5.91 Å². The number of carbonyl (C=O) groups excluding carboxylic acids is 1. The van der Waals surface area contributed by atoms with Crippen molar-refractivity contribution in [1.29, 1.82) is 5.26 Å². The van der Waals surface area contributed by atoms with Gasteiger partial charge in [-0.25, -0.2) is 0 Å². The van der Waals surface area contributed by atoms with Gasteiger partial charge in [0.05, 0.1) is 23.0 Å². The Balaban J connectivity index is 2.29. The van der Waals surface area contributed by atoms with Gasteiger partial charge < -0.3 is 11.1 Å². The quantitative estimate of drug-likeness (QED) is 0.886. The maximum atomic E-state index is 12.2. The van der Waals surface area contributed by atoms with Crippen LogP contribution in [0.15, 0.2) is 24.3 Å². The monoisotopic (exact) mass is 269 g/mol. The van der Waals surface area contributed by atoms with Crippen LogP contribution in [-0.2, 0) is 13.5 Å². The minimum absolute atomic E-state index is 0.323. The van der Waals surface area contributed by atoms with Crippen LogP contribution >= 0.6 is 0 Å². The molecular formula is C14H15N5O. The zero-order valence-electron chi connectivity index (χ0n) is 11.3. The van der Waals surface area contributed by atoms with Crippen molar-refractivity contribution in [3.05, 3.63) is 41.2 Å². The number of nitrogens with one attached hydrogen (secondary N) is 1. The molecule has 0 aliphatic carbocycles. The highest BCUT2D eigenvalue weighted by Gasteiger charge is 2.19. The molecule has 1 amide bonds. The molecule has 0 bridgehead atoms. The molecule has 0 aliphatic heterocycles. The Morgan fingerprint density at radius 3 is 2.90 bits per heavy atom. The summed E-state index contributed by atoms with van der Waals surface area (Å²) in [6.45, 7) is 1.93. The fourth-order valence-electron chi connectivity index (χ4n) is 1.98. The number of nitrogen functional groups attached to an aromatic ring is 1. The summed E-state index contributed by atoms with van der Waals surface area (Å²) in [7, 11) is 1.68. The lowest BCUT2D eigenvalue weighted by molar-refractivity contribution is 0.101. The van der Waals surface area contributed by atoms with Crippen LogP contribution in [0.1, 0.15) is 28.7 Å². The summed E-state index contributed by atoms with van der Waals surface area (Å²) in [5, 5.41) is 15.8. The number of rotatable bonds is 3. The average Bonchev–Trinajstić information content (AvgIpc) is 2.73. The summed E-state index contributed by atoms with van der Waals surface area (Å²) in [5.41, 5.74) is 8.37. The zero-order valence-corrected chi connectivity index (χ0v) is 11.3. The topological polar surface area (TPSA) is 96.7 Å². The molecule has 2 rings (SSSR count). The van der Waals surface area contributed by atoms with E-state index < -0.39 is 0 Å². The van der Waals surface area contributed by atoms with Gasteiger partial charge in [-0.05, 0) is 24.6 Å². The Morgan fingerprint density at radius 2 is 2.30 bits per heavy atom. The predicted molar refractivity (Wildman–Crippen MR) is 76.1 cm³/mol. The molecule has 1 aromatic heterocycles. The highest BCUT2D eigenvalue weighted by molar-refractivity contribution is 6.06. The van der Waals surface area contributed by atoms with Crippen molar-refractivity contribution in [1.82, 2.24) is 9.78 Å². The van der Waals surface area contributed by atoms with E-state index in [9.17, 15) is 4.79 Å². The standard InChI is InChI=1S/C14H15N5O/c1-3-11-12(16)13(19(2)18-11)14(20)17-10-6-4-5-9(7-10)8-15/h4-7H,3,16H2,1-2H3,(H,17,20). The molecule has 3 N–H and O–H groups in total. The molecule has 6 nitrogen and oxygen atoms in total. The van der Waals surface area contributed by atoms with E-state index in [1.807, 2.05) is 13.0 Å². The van der Waals surface area contributed by atoms with E-state index in [2.05, 4.69) is 10.4 Å². The van der Waals surface area contributed by atoms with Gasteiger partial charge in [-0.1, -0.05) is 13.0 Å². The van der Waals surface area contributed by atoms with Crippen LogP contribution in [0.25, 0.3) is 0 Å². The van der Waals surface area contributed by atoms with Crippen LogP contribution in [0.2, 0.25) is 0 Å². The summed E-state index contributed by atoms with van der Waals surface area (Å²) in [6, 6.07) is 8.72. The molecule has 0 unspecified atom stereocenters. The van der Waals surface area contributed by atoms with Gasteiger partial charge in [0.2, 0.25) is 0 Å². The maximum absolute atomic E-state index is 12.2. The molecule has 1 aromatic carbocycles. The molecule has 0 radical (unpaired) electrons. The van der Waals surface area contributed by atoms with Gasteiger partial charge >= 0.3 is 0 Å². The lowest BCUT2D eigenvalue weighted by Crippen LogP contribution is -2.17. The van der Waals surface area contributed by atoms with Gasteiger partial charge in [-0.3, -0.25) is 9.48 Å². The SMILES string of the molecule is CCc1nn(C)c(C(=O)Nc2cccc(C#N)c2)c1N. The second kappa shape index (κ2) is 5.45. The fraction of sp³-hybridized carbons (Fsp3) is 0.214. The van der Waals surface area contributed by atoms with E-state index >= 15 is 0 Å². The molecule has 102 valence electrons. The number of nitrogens with two attached hydrogens (primary N) is 1. The van der Waals surface area contributed by atoms with Crippen molar-refractivity contribution in [2.45, 2.75) is 13.3 Å². The highest BCUT2D eigenvalue weighted by Crippen LogP contribution is 2.19. The Morgan fingerprint density at radius 1 is 1.55 bits per heavy atom. The number of nitrogens with zero attached hydrogens (tertiary/aromatic N) is 3. The Hall–Kier alpha value is -2.81. The van der Waals surface area contributed by atoms with Crippen molar-refractivity contribution in [3.63, 3.8) is 0 Å². The largest absolute Gasteiger partial charge is 0.395 e. The molecule has 6 heteroatoms. The lowest BCUT2D eigenvalue weighted by atomic mass is 10.2. The average molecular weight is 269 g/mol. The molecule has 2 aromatic rings. The molecule has 1 heterocycles.